The van der Waals surface area contributed by atoms with Gasteiger partial charge in [0, 0.05) is 12.2 Å². The fourth-order valence-corrected chi connectivity index (χ4v) is 3.94. The second kappa shape index (κ2) is 10.7. The van der Waals surface area contributed by atoms with Crippen LogP contribution in [0, 0.1) is 0 Å². The van der Waals surface area contributed by atoms with Gasteiger partial charge in [0.25, 0.3) is 11.1 Å². The Kier molecular flexibility index (Phi) is 7.99. The Morgan fingerprint density at radius 3 is 2.39 bits per heavy atom. The van der Waals surface area contributed by atoms with Crippen molar-refractivity contribution in [2.24, 2.45) is 0 Å². The van der Waals surface area contributed by atoms with Gasteiger partial charge in [-0.1, -0.05) is 42.5 Å². The first kappa shape index (κ1) is 24.6. The van der Waals surface area contributed by atoms with Crippen LogP contribution in [0.15, 0.2) is 54.6 Å². The molecule has 0 saturated carbocycles. The standard InChI is InChI=1S/C24H29N3O5S/c1-24(2,3)32-23(31)27(15-19(28)17-7-5-4-6-8-17)14-13-16-9-11-18(12-10-16)25-21-20(29)26-22(30)33-21/h4-12,19,21,25,28H,13-15H2,1-3H3,(H,26,29,30)/t19-,21?/m0/s1. The van der Waals surface area contributed by atoms with Crippen LogP contribution in [-0.2, 0) is 16.0 Å². The third kappa shape index (κ3) is 7.50. The van der Waals surface area contributed by atoms with E-state index in [1.54, 1.807) is 20.8 Å². The van der Waals surface area contributed by atoms with Crippen LogP contribution in [0.4, 0.5) is 15.3 Å². The van der Waals surface area contributed by atoms with E-state index in [0.29, 0.717) is 18.7 Å². The molecule has 1 fully saturated rings. The van der Waals surface area contributed by atoms with Crippen LogP contribution in [0.25, 0.3) is 0 Å². The van der Waals surface area contributed by atoms with Crippen LogP contribution < -0.4 is 10.6 Å². The summed E-state index contributed by atoms with van der Waals surface area (Å²) in [5.41, 5.74) is 1.77. The largest absolute Gasteiger partial charge is 0.444 e. The molecule has 2 atom stereocenters. The zero-order valence-corrected chi connectivity index (χ0v) is 19.7. The lowest BCUT2D eigenvalue weighted by Crippen LogP contribution is -2.40. The van der Waals surface area contributed by atoms with Gasteiger partial charge in [0.15, 0.2) is 5.37 Å². The van der Waals surface area contributed by atoms with Crippen molar-refractivity contribution in [3.05, 3.63) is 65.7 Å². The molecule has 1 aliphatic heterocycles. The molecular formula is C24H29N3O5S. The van der Waals surface area contributed by atoms with Crippen LogP contribution in [0.3, 0.4) is 0 Å². The second-order valence-corrected chi connectivity index (χ2v) is 9.80. The number of carbonyl (C=O) groups excluding carboxylic acids is 3. The molecule has 8 nitrogen and oxygen atoms in total. The molecule has 3 N–H and O–H groups in total. The molecule has 2 aromatic carbocycles. The zero-order chi connectivity index (χ0) is 24.0. The molecule has 33 heavy (non-hydrogen) atoms. The van der Waals surface area contributed by atoms with Crippen molar-refractivity contribution in [1.82, 2.24) is 10.2 Å². The van der Waals surface area contributed by atoms with Crippen molar-refractivity contribution in [3.8, 4) is 0 Å². The van der Waals surface area contributed by atoms with Crippen molar-refractivity contribution >= 4 is 34.7 Å². The number of amides is 3. The Hall–Kier alpha value is -3.04. The van der Waals surface area contributed by atoms with E-state index >= 15 is 0 Å². The molecule has 9 heteroatoms. The topological polar surface area (TPSA) is 108 Å². The highest BCUT2D eigenvalue weighted by molar-refractivity contribution is 8.15. The molecule has 0 aliphatic carbocycles. The van der Waals surface area contributed by atoms with Crippen LogP contribution in [0.2, 0.25) is 0 Å². The van der Waals surface area contributed by atoms with Crippen molar-refractivity contribution in [2.45, 2.75) is 44.3 Å². The van der Waals surface area contributed by atoms with Crippen LogP contribution in [0.5, 0.6) is 0 Å². The number of carbonyl (C=O) groups is 3. The molecule has 1 unspecified atom stereocenters. The zero-order valence-electron chi connectivity index (χ0n) is 18.9. The summed E-state index contributed by atoms with van der Waals surface area (Å²) in [6, 6.07) is 16.6. The summed E-state index contributed by atoms with van der Waals surface area (Å²) in [5.74, 6) is -0.362. The van der Waals surface area contributed by atoms with E-state index in [1.807, 2.05) is 54.6 Å². The van der Waals surface area contributed by atoms with Gasteiger partial charge in [-0.2, -0.15) is 0 Å². The molecule has 2 aromatic rings. The number of anilines is 1. The highest BCUT2D eigenvalue weighted by Crippen LogP contribution is 2.22. The number of aliphatic hydroxyl groups excluding tert-OH is 1. The first-order chi connectivity index (χ1) is 15.6. The van der Waals surface area contributed by atoms with Crippen molar-refractivity contribution in [2.75, 3.05) is 18.4 Å². The van der Waals surface area contributed by atoms with Crippen LogP contribution in [0.1, 0.15) is 38.0 Å². The molecule has 0 aromatic heterocycles. The van der Waals surface area contributed by atoms with Gasteiger partial charge in [0.2, 0.25) is 0 Å². The summed E-state index contributed by atoms with van der Waals surface area (Å²) in [5, 5.41) is 14.9. The van der Waals surface area contributed by atoms with E-state index < -0.39 is 23.2 Å². The van der Waals surface area contributed by atoms with Crippen molar-refractivity contribution in [3.63, 3.8) is 0 Å². The minimum Gasteiger partial charge on any atom is -0.444 e. The SMILES string of the molecule is CC(C)(C)OC(=O)N(CCc1ccc(NC2SC(=O)NC2=O)cc1)C[C@H](O)c1ccccc1. The molecule has 3 amide bonds. The van der Waals surface area contributed by atoms with Gasteiger partial charge in [-0.25, -0.2) is 4.79 Å². The summed E-state index contributed by atoms with van der Waals surface area (Å²) in [7, 11) is 0. The number of nitrogens with zero attached hydrogens (tertiary/aromatic N) is 1. The van der Waals surface area contributed by atoms with E-state index in [0.717, 1.165) is 22.9 Å². The maximum absolute atomic E-state index is 12.8. The first-order valence-corrected chi connectivity index (χ1v) is 11.6. The van der Waals surface area contributed by atoms with Crippen molar-refractivity contribution < 1.29 is 24.2 Å². The van der Waals surface area contributed by atoms with E-state index in [1.165, 1.54) is 4.90 Å². The second-order valence-electron chi connectivity index (χ2n) is 8.72. The number of imide groups is 1. The molecule has 1 aliphatic rings. The smallest absolute Gasteiger partial charge is 0.410 e. The third-order valence-corrected chi connectivity index (χ3v) is 5.72. The van der Waals surface area contributed by atoms with E-state index in [4.69, 9.17) is 4.74 Å². The number of hydrogen-bond acceptors (Lipinski definition) is 7. The molecule has 1 saturated heterocycles. The Balaban J connectivity index is 1.62. The fraction of sp³-hybridized carbons (Fsp3) is 0.375. The quantitative estimate of drug-likeness (QED) is 0.535. The summed E-state index contributed by atoms with van der Waals surface area (Å²) in [4.78, 5) is 37.3. The maximum atomic E-state index is 12.8. The number of thioether (sulfide) groups is 1. The number of aliphatic hydroxyl groups is 1. The van der Waals surface area contributed by atoms with E-state index in [9.17, 15) is 19.5 Å². The van der Waals surface area contributed by atoms with Gasteiger partial charge < -0.3 is 20.1 Å². The number of hydrogen-bond donors (Lipinski definition) is 3. The summed E-state index contributed by atoms with van der Waals surface area (Å²) in [6.07, 6.45) is -0.758. The number of ether oxygens (including phenoxy) is 1. The summed E-state index contributed by atoms with van der Waals surface area (Å²) >= 11 is 0.906. The number of benzene rings is 2. The Morgan fingerprint density at radius 1 is 1.15 bits per heavy atom. The monoisotopic (exact) mass is 471 g/mol. The molecule has 3 rings (SSSR count). The van der Waals surface area contributed by atoms with Crippen molar-refractivity contribution in [1.29, 1.82) is 0 Å². The van der Waals surface area contributed by atoms with Crippen LogP contribution >= 0.6 is 11.8 Å². The van der Waals surface area contributed by atoms with Gasteiger partial charge in [-0.3, -0.25) is 14.9 Å². The summed E-state index contributed by atoms with van der Waals surface area (Å²) < 4.78 is 5.54. The van der Waals surface area contributed by atoms with Gasteiger partial charge in [-0.15, -0.1) is 0 Å². The lowest BCUT2D eigenvalue weighted by atomic mass is 10.1. The lowest BCUT2D eigenvalue weighted by Gasteiger charge is -2.29. The highest BCUT2D eigenvalue weighted by Gasteiger charge is 2.31. The number of nitrogens with one attached hydrogen (secondary N) is 2. The molecule has 1 heterocycles. The predicted molar refractivity (Wildman–Crippen MR) is 128 cm³/mol. The fourth-order valence-electron chi connectivity index (χ4n) is 3.21. The maximum Gasteiger partial charge on any atom is 0.410 e. The van der Waals surface area contributed by atoms with Gasteiger partial charge in [-0.05, 0) is 62.2 Å². The van der Waals surface area contributed by atoms with Gasteiger partial charge >= 0.3 is 6.09 Å². The lowest BCUT2D eigenvalue weighted by molar-refractivity contribution is -0.118. The van der Waals surface area contributed by atoms with Gasteiger partial charge in [0.1, 0.15) is 5.60 Å². The average Bonchev–Trinajstić information content (AvgIpc) is 3.07. The molecule has 0 bridgehead atoms. The van der Waals surface area contributed by atoms with Crippen LogP contribution in [-0.4, -0.2) is 51.3 Å². The Labute approximate surface area is 197 Å². The molecule has 0 spiro atoms. The minimum atomic E-state index is -0.830. The average molecular weight is 472 g/mol. The highest BCUT2D eigenvalue weighted by atomic mass is 32.2. The molecule has 176 valence electrons. The normalized spacial score (nSPS) is 16.8. The Bertz CT molecular complexity index is 976. The number of rotatable bonds is 8. The third-order valence-electron chi connectivity index (χ3n) is 4.84. The van der Waals surface area contributed by atoms with E-state index in [2.05, 4.69) is 10.6 Å². The molecular weight excluding hydrogens is 442 g/mol. The van der Waals surface area contributed by atoms with Gasteiger partial charge in [0.05, 0.1) is 12.6 Å². The summed E-state index contributed by atoms with van der Waals surface area (Å²) in [6.45, 7) is 5.89. The van der Waals surface area contributed by atoms with E-state index in [-0.39, 0.29) is 17.7 Å². The Morgan fingerprint density at radius 2 is 1.82 bits per heavy atom. The minimum absolute atomic E-state index is 0.112. The predicted octanol–water partition coefficient (Wildman–Crippen LogP) is 3.92. The molecule has 0 radical (unpaired) electrons. The first-order valence-electron chi connectivity index (χ1n) is 10.7.